The molecule has 3 N–H and O–H groups in total. The predicted molar refractivity (Wildman–Crippen MR) is 108 cm³/mol. The maximum Gasteiger partial charge on any atom is 0.340 e. The second-order valence-electron chi connectivity index (χ2n) is 6.30. The van der Waals surface area contributed by atoms with E-state index in [1.165, 1.54) is 24.3 Å². The van der Waals surface area contributed by atoms with Gasteiger partial charge in [-0.2, -0.15) is 0 Å². The Balaban J connectivity index is 1.91. The summed E-state index contributed by atoms with van der Waals surface area (Å²) in [5.74, 6) is -1.75. The summed E-state index contributed by atoms with van der Waals surface area (Å²) in [4.78, 5) is 35.9. The monoisotopic (exact) mass is 419 g/mol. The quantitative estimate of drug-likeness (QED) is 0.615. The third-order valence-electron chi connectivity index (χ3n) is 3.79. The zero-order valence-corrected chi connectivity index (χ0v) is 16.9. The fraction of sp³-hybridized carbons (Fsp3) is 0.211. The Bertz CT molecular complexity index is 1050. The van der Waals surface area contributed by atoms with Gasteiger partial charge in [-0.05, 0) is 49.2 Å². The van der Waals surface area contributed by atoms with Gasteiger partial charge in [0.1, 0.15) is 0 Å². The topological polar surface area (TPSA) is 131 Å². The second-order valence-corrected chi connectivity index (χ2v) is 8.05. The lowest BCUT2D eigenvalue weighted by molar-refractivity contribution is -0.123. The summed E-state index contributed by atoms with van der Waals surface area (Å²) in [6.07, 6.45) is 0.941. The molecule has 0 aliphatic carbocycles. The van der Waals surface area contributed by atoms with Gasteiger partial charge < -0.3 is 10.1 Å². The molecule has 2 rings (SSSR count). The van der Waals surface area contributed by atoms with E-state index in [-0.39, 0.29) is 11.3 Å². The van der Waals surface area contributed by atoms with Crippen LogP contribution in [0.15, 0.2) is 42.5 Å². The smallest absolute Gasteiger partial charge is 0.340 e. The van der Waals surface area contributed by atoms with Crippen molar-refractivity contribution in [3.63, 3.8) is 0 Å². The summed E-state index contributed by atoms with van der Waals surface area (Å²) in [7, 11) is -3.61. The van der Waals surface area contributed by atoms with E-state index >= 15 is 0 Å². The SMILES string of the molecule is Cc1ccc(NC(=O)NC(=O)COC(=O)c2ccccc2NS(C)(=O)=O)cc1C. The molecule has 0 aliphatic heterocycles. The van der Waals surface area contributed by atoms with Gasteiger partial charge in [-0.3, -0.25) is 14.8 Å². The maximum absolute atomic E-state index is 12.2. The van der Waals surface area contributed by atoms with Gasteiger partial charge >= 0.3 is 12.0 Å². The fourth-order valence-electron chi connectivity index (χ4n) is 2.30. The average Bonchev–Trinajstić information content (AvgIpc) is 2.62. The first-order chi connectivity index (χ1) is 13.5. The van der Waals surface area contributed by atoms with Crippen LogP contribution in [-0.2, 0) is 19.6 Å². The van der Waals surface area contributed by atoms with Crippen molar-refractivity contribution in [2.45, 2.75) is 13.8 Å². The number of anilines is 2. The van der Waals surface area contributed by atoms with E-state index in [1.54, 1.807) is 12.1 Å². The molecule has 0 aliphatic rings. The highest BCUT2D eigenvalue weighted by Gasteiger charge is 2.17. The highest BCUT2D eigenvalue weighted by atomic mass is 32.2. The Hall–Kier alpha value is -3.40. The number of benzene rings is 2. The number of sulfonamides is 1. The van der Waals surface area contributed by atoms with Gasteiger partial charge in [-0.25, -0.2) is 18.0 Å². The number of carbonyl (C=O) groups excluding carboxylic acids is 3. The van der Waals surface area contributed by atoms with Crippen LogP contribution in [-0.4, -0.2) is 39.2 Å². The minimum Gasteiger partial charge on any atom is -0.452 e. The number of ether oxygens (including phenoxy) is 1. The molecule has 2 aromatic rings. The molecule has 0 saturated carbocycles. The van der Waals surface area contributed by atoms with Gasteiger partial charge in [0.05, 0.1) is 17.5 Å². The van der Waals surface area contributed by atoms with Gasteiger partial charge in [-0.1, -0.05) is 18.2 Å². The first-order valence-corrected chi connectivity index (χ1v) is 10.4. The third-order valence-corrected chi connectivity index (χ3v) is 4.39. The summed E-state index contributed by atoms with van der Waals surface area (Å²) in [6, 6.07) is 10.3. The van der Waals surface area contributed by atoms with E-state index < -0.39 is 34.5 Å². The van der Waals surface area contributed by atoms with E-state index in [9.17, 15) is 22.8 Å². The molecule has 9 nitrogen and oxygen atoms in total. The Labute approximate surface area is 168 Å². The van der Waals surface area contributed by atoms with Crippen LogP contribution in [0.5, 0.6) is 0 Å². The number of hydrogen-bond donors (Lipinski definition) is 3. The number of rotatable bonds is 6. The molecular formula is C19H21N3O6S. The van der Waals surface area contributed by atoms with Crippen LogP contribution in [0.25, 0.3) is 0 Å². The largest absolute Gasteiger partial charge is 0.452 e. The predicted octanol–water partition coefficient (Wildman–Crippen LogP) is 2.18. The summed E-state index contributed by atoms with van der Waals surface area (Å²) in [6.45, 7) is 3.10. The van der Waals surface area contributed by atoms with Crippen molar-refractivity contribution in [2.24, 2.45) is 0 Å². The van der Waals surface area contributed by atoms with Crippen molar-refractivity contribution in [3.8, 4) is 0 Å². The summed E-state index contributed by atoms with van der Waals surface area (Å²) in [5, 5.41) is 4.55. The highest BCUT2D eigenvalue weighted by molar-refractivity contribution is 7.92. The highest BCUT2D eigenvalue weighted by Crippen LogP contribution is 2.17. The molecule has 2 aromatic carbocycles. The van der Waals surface area contributed by atoms with Crippen LogP contribution in [0, 0.1) is 13.8 Å². The molecule has 154 valence electrons. The molecule has 0 atom stereocenters. The molecule has 0 radical (unpaired) electrons. The van der Waals surface area contributed by atoms with Crippen molar-refractivity contribution in [2.75, 3.05) is 22.9 Å². The maximum atomic E-state index is 12.2. The summed E-state index contributed by atoms with van der Waals surface area (Å²) < 4.78 is 29.8. The number of aryl methyl sites for hydroxylation is 2. The molecule has 0 heterocycles. The van der Waals surface area contributed by atoms with E-state index in [0.717, 1.165) is 17.4 Å². The summed E-state index contributed by atoms with van der Waals surface area (Å²) >= 11 is 0. The van der Waals surface area contributed by atoms with Crippen LogP contribution < -0.4 is 15.4 Å². The zero-order valence-electron chi connectivity index (χ0n) is 16.1. The lowest BCUT2D eigenvalue weighted by atomic mass is 10.1. The van der Waals surface area contributed by atoms with E-state index in [0.29, 0.717) is 5.69 Å². The summed E-state index contributed by atoms with van der Waals surface area (Å²) in [5.41, 5.74) is 2.50. The molecule has 0 saturated heterocycles. The van der Waals surface area contributed by atoms with Crippen molar-refractivity contribution < 1.29 is 27.5 Å². The average molecular weight is 419 g/mol. The number of amides is 3. The molecule has 29 heavy (non-hydrogen) atoms. The van der Waals surface area contributed by atoms with Crippen molar-refractivity contribution in [1.82, 2.24) is 5.32 Å². The minimum atomic E-state index is -3.61. The Kier molecular flexibility index (Phi) is 6.94. The number of para-hydroxylation sites is 1. The van der Waals surface area contributed by atoms with Gasteiger partial charge in [0.15, 0.2) is 6.61 Å². The Morgan fingerprint density at radius 1 is 1.00 bits per heavy atom. The molecule has 3 amide bonds. The molecule has 0 unspecified atom stereocenters. The van der Waals surface area contributed by atoms with Crippen LogP contribution >= 0.6 is 0 Å². The first-order valence-electron chi connectivity index (χ1n) is 8.47. The molecule has 10 heteroatoms. The Morgan fingerprint density at radius 3 is 2.34 bits per heavy atom. The van der Waals surface area contributed by atoms with E-state index in [4.69, 9.17) is 4.74 Å². The molecule has 0 aromatic heterocycles. The fourth-order valence-corrected chi connectivity index (χ4v) is 2.88. The molecule has 0 fully saturated rings. The van der Waals surface area contributed by atoms with Crippen LogP contribution in [0.3, 0.4) is 0 Å². The zero-order chi connectivity index (χ0) is 21.6. The lowest BCUT2D eigenvalue weighted by Gasteiger charge is -2.11. The molecule has 0 bridgehead atoms. The Morgan fingerprint density at radius 2 is 1.69 bits per heavy atom. The van der Waals surface area contributed by atoms with E-state index in [2.05, 4.69) is 10.0 Å². The standard InChI is InChI=1S/C19H21N3O6S/c1-12-8-9-14(10-13(12)2)20-19(25)21-17(23)11-28-18(24)15-6-4-5-7-16(15)22-29(3,26)27/h4-10,22H,11H2,1-3H3,(H2,20,21,23,25). The van der Waals surface area contributed by atoms with Crippen LogP contribution in [0.4, 0.5) is 16.2 Å². The van der Waals surface area contributed by atoms with Gasteiger partial charge in [0, 0.05) is 5.69 Å². The van der Waals surface area contributed by atoms with E-state index in [1.807, 2.05) is 25.2 Å². The van der Waals surface area contributed by atoms with Gasteiger partial charge in [-0.15, -0.1) is 0 Å². The van der Waals surface area contributed by atoms with Gasteiger partial charge in [0.25, 0.3) is 5.91 Å². The first kappa shape index (κ1) is 21.9. The number of hydrogen-bond acceptors (Lipinski definition) is 6. The lowest BCUT2D eigenvalue weighted by Crippen LogP contribution is -2.37. The second kappa shape index (κ2) is 9.20. The van der Waals surface area contributed by atoms with Crippen molar-refractivity contribution >= 4 is 39.3 Å². The molecular weight excluding hydrogens is 398 g/mol. The number of carbonyl (C=O) groups is 3. The van der Waals surface area contributed by atoms with Crippen molar-refractivity contribution in [3.05, 3.63) is 59.2 Å². The van der Waals surface area contributed by atoms with Crippen LogP contribution in [0.2, 0.25) is 0 Å². The number of nitrogens with one attached hydrogen (secondary N) is 3. The van der Waals surface area contributed by atoms with Crippen molar-refractivity contribution in [1.29, 1.82) is 0 Å². The molecule has 0 spiro atoms. The third kappa shape index (κ3) is 6.92. The number of imide groups is 1. The normalized spacial score (nSPS) is 10.7. The number of esters is 1. The minimum absolute atomic E-state index is 0.0212. The van der Waals surface area contributed by atoms with Gasteiger partial charge in [0.2, 0.25) is 10.0 Å². The number of urea groups is 1. The van der Waals surface area contributed by atoms with Crippen LogP contribution in [0.1, 0.15) is 21.5 Å².